The minimum atomic E-state index is -0.160. The van der Waals surface area contributed by atoms with Crippen LogP contribution in [0, 0.1) is 0 Å². The Morgan fingerprint density at radius 2 is 2.17 bits per heavy atom. The van der Waals surface area contributed by atoms with Crippen LogP contribution in [0.4, 0.5) is 0 Å². The van der Waals surface area contributed by atoms with Gasteiger partial charge in [0.1, 0.15) is 0 Å². The molecule has 1 N–H and O–H groups in total. The van der Waals surface area contributed by atoms with Crippen molar-refractivity contribution in [3.63, 3.8) is 0 Å². The van der Waals surface area contributed by atoms with Gasteiger partial charge in [0.05, 0.1) is 13.0 Å². The van der Waals surface area contributed by atoms with Crippen molar-refractivity contribution in [2.45, 2.75) is 26.3 Å². The van der Waals surface area contributed by atoms with Crippen LogP contribution in [0.25, 0.3) is 0 Å². The van der Waals surface area contributed by atoms with Gasteiger partial charge in [-0.2, -0.15) is 0 Å². The highest BCUT2D eigenvalue weighted by Crippen LogP contribution is 2.26. The normalized spacial score (nSPS) is 12.2. The lowest BCUT2D eigenvalue weighted by Gasteiger charge is -2.15. The summed E-state index contributed by atoms with van der Waals surface area (Å²) >= 11 is 6.95. The average Bonchev–Trinajstić information content (AvgIpc) is 2.29. The van der Waals surface area contributed by atoms with Gasteiger partial charge < -0.3 is 10.1 Å². The molecule has 0 aliphatic rings. The van der Waals surface area contributed by atoms with Crippen LogP contribution in [-0.4, -0.2) is 19.1 Å². The van der Waals surface area contributed by atoms with Gasteiger partial charge in [-0.05, 0) is 31.5 Å². The van der Waals surface area contributed by atoms with Gasteiger partial charge in [0.2, 0.25) is 0 Å². The number of benzene rings is 1. The molecule has 0 spiro atoms. The quantitative estimate of drug-likeness (QED) is 0.764. The van der Waals surface area contributed by atoms with Crippen LogP contribution in [0.5, 0.6) is 0 Å². The van der Waals surface area contributed by atoms with E-state index in [9.17, 15) is 4.79 Å². The first kappa shape index (κ1) is 15.7. The van der Waals surface area contributed by atoms with Crippen LogP contribution in [0.2, 0.25) is 0 Å². The van der Waals surface area contributed by atoms with Gasteiger partial charge in [0, 0.05) is 21.5 Å². The summed E-state index contributed by atoms with van der Waals surface area (Å²) in [6.45, 7) is 4.93. The summed E-state index contributed by atoms with van der Waals surface area (Å²) in [4.78, 5) is 11.2. The molecule has 1 rings (SSSR count). The van der Waals surface area contributed by atoms with E-state index in [-0.39, 0.29) is 12.0 Å². The molecule has 5 heteroatoms. The van der Waals surface area contributed by atoms with Crippen LogP contribution in [0.1, 0.15) is 31.9 Å². The molecule has 100 valence electrons. The average molecular weight is 379 g/mol. The lowest BCUT2D eigenvalue weighted by atomic mass is 10.1. The van der Waals surface area contributed by atoms with Crippen molar-refractivity contribution in [1.82, 2.24) is 5.32 Å². The molecule has 0 aliphatic carbocycles. The van der Waals surface area contributed by atoms with Crippen LogP contribution in [0.3, 0.4) is 0 Å². The van der Waals surface area contributed by atoms with Crippen LogP contribution >= 0.6 is 31.9 Å². The van der Waals surface area contributed by atoms with Crippen molar-refractivity contribution in [2.24, 2.45) is 0 Å². The lowest BCUT2D eigenvalue weighted by Crippen LogP contribution is -2.23. The maximum Gasteiger partial charge on any atom is 0.307 e. The second-order valence-corrected chi connectivity index (χ2v) is 5.67. The van der Waals surface area contributed by atoms with E-state index in [2.05, 4.69) is 50.2 Å². The topological polar surface area (TPSA) is 38.3 Å². The van der Waals surface area contributed by atoms with E-state index < -0.39 is 0 Å². The first-order valence-corrected chi connectivity index (χ1v) is 7.47. The standard InChI is InChI=1S/C13H17Br2NO2/c1-3-18-13(17)6-7-16-9(2)11-5-4-10(14)8-12(11)15/h4-5,8-9,16H,3,6-7H2,1-2H3. The van der Waals surface area contributed by atoms with E-state index >= 15 is 0 Å². The van der Waals surface area contributed by atoms with Crippen LogP contribution in [0.15, 0.2) is 27.1 Å². The predicted octanol–water partition coefficient (Wildman–Crippen LogP) is 3.82. The van der Waals surface area contributed by atoms with E-state index in [4.69, 9.17) is 4.74 Å². The molecule has 0 saturated carbocycles. The molecule has 0 radical (unpaired) electrons. The number of carbonyl (C=O) groups excluding carboxylic acids is 1. The van der Waals surface area contributed by atoms with Crippen LogP contribution < -0.4 is 5.32 Å². The molecule has 0 aliphatic heterocycles. The molecule has 1 aromatic carbocycles. The SMILES string of the molecule is CCOC(=O)CCNC(C)c1ccc(Br)cc1Br. The zero-order valence-corrected chi connectivity index (χ0v) is 13.7. The zero-order chi connectivity index (χ0) is 13.5. The third-order valence-electron chi connectivity index (χ3n) is 2.51. The fourth-order valence-corrected chi connectivity index (χ4v) is 2.98. The van der Waals surface area contributed by atoms with Crippen molar-refractivity contribution in [2.75, 3.05) is 13.2 Å². The molecule has 0 fully saturated rings. The van der Waals surface area contributed by atoms with E-state index in [1.54, 1.807) is 0 Å². The van der Waals surface area contributed by atoms with Crippen molar-refractivity contribution in [3.05, 3.63) is 32.7 Å². The van der Waals surface area contributed by atoms with Crippen molar-refractivity contribution in [1.29, 1.82) is 0 Å². The van der Waals surface area contributed by atoms with Crippen molar-refractivity contribution >= 4 is 37.8 Å². The Bertz CT molecular complexity index is 410. The second kappa shape index (κ2) is 7.92. The molecule has 0 aromatic heterocycles. The Hall–Kier alpha value is -0.390. The third-order valence-corrected chi connectivity index (χ3v) is 3.69. The summed E-state index contributed by atoms with van der Waals surface area (Å²) < 4.78 is 6.96. The molecule has 1 aromatic rings. The zero-order valence-electron chi connectivity index (χ0n) is 10.5. The van der Waals surface area contributed by atoms with Gasteiger partial charge in [0.15, 0.2) is 0 Å². The molecule has 3 nitrogen and oxygen atoms in total. The molecular weight excluding hydrogens is 362 g/mol. The van der Waals surface area contributed by atoms with Gasteiger partial charge in [-0.1, -0.05) is 37.9 Å². The highest BCUT2D eigenvalue weighted by molar-refractivity contribution is 9.11. The first-order valence-electron chi connectivity index (χ1n) is 5.88. The van der Waals surface area contributed by atoms with E-state index in [0.29, 0.717) is 19.6 Å². The number of nitrogens with one attached hydrogen (secondary N) is 1. The van der Waals surface area contributed by atoms with Gasteiger partial charge in [0.25, 0.3) is 0 Å². The number of rotatable bonds is 6. The Balaban J connectivity index is 2.45. The number of hydrogen-bond donors (Lipinski definition) is 1. The van der Waals surface area contributed by atoms with Crippen molar-refractivity contribution < 1.29 is 9.53 Å². The molecular formula is C13H17Br2NO2. The Labute approximate surface area is 125 Å². The first-order chi connectivity index (χ1) is 8.54. The maximum absolute atomic E-state index is 11.2. The summed E-state index contributed by atoms with van der Waals surface area (Å²) in [6.07, 6.45) is 0.395. The molecule has 0 amide bonds. The number of halogens is 2. The summed E-state index contributed by atoms with van der Waals surface area (Å²) in [5.74, 6) is -0.160. The van der Waals surface area contributed by atoms with Crippen LogP contribution in [-0.2, 0) is 9.53 Å². The summed E-state index contributed by atoms with van der Waals surface area (Å²) in [7, 11) is 0. The Morgan fingerprint density at radius 3 is 2.78 bits per heavy atom. The lowest BCUT2D eigenvalue weighted by molar-refractivity contribution is -0.143. The summed E-state index contributed by atoms with van der Waals surface area (Å²) in [5.41, 5.74) is 1.17. The predicted molar refractivity (Wildman–Crippen MR) is 79.5 cm³/mol. The largest absolute Gasteiger partial charge is 0.466 e. The summed E-state index contributed by atoms with van der Waals surface area (Å²) in [5, 5.41) is 3.30. The molecule has 18 heavy (non-hydrogen) atoms. The van der Waals surface area contributed by atoms with Gasteiger partial charge in [-0.15, -0.1) is 0 Å². The number of carbonyl (C=O) groups is 1. The maximum atomic E-state index is 11.2. The van der Waals surface area contributed by atoms with Gasteiger partial charge in [-0.25, -0.2) is 0 Å². The van der Waals surface area contributed by atoms with E-state index in [1.807, 2.05) is 19.1 Å². The van der Waals surface area contributed by atoms with E-state index in [0.717, 1.165) is 8.95 Å². The number of esters is 1. The summed E-state index contributed by atoms with van der Waals surface area (Å²) in [6, 6.07) is 6.25. The van der Waals surface area contributed by atoms with Crippen molar-refractivity contribution in [3.8, 4) is 0 Å². The number of ether oxygens (including phenoxy) is 1. The number of hydrogen-bond acceptors (Lipinski definition) is 3. The molecule has 1 atom stereocenters. The minimum absolute atomic E-state index is 0.160. The van der Waals surface area contributed by atoms with E-state index in [1.165, 1.54) is 5.56 Å². The van der Waals surface area contributed by atoms with Gasteiger partial charge in [-0.3, -0.25) is 4.79 Å². The fraction of sp³-hybridized carbons (Fsp3) is 0.462. The minimum Gasteiger partial charge on any atom is -0.466 e. The monoisotopic (exact) mass is 377 g/mol. The molecule has 1 unspecified atom stereocenters. The third kappa shape index (κ3) is 5.08. The smallest absolute Gasteiger partial charge is 0.307 e. The second-order valence-electron chi connectivity index (χ2n) is 3.90. The molecule has 0 heterocycles. The highest BCUT2D eigenvalue weighted by atomic mass is 79.9. The Morgan fingerprint density at radius 1 is 1.44 bits per heavy atom. The molecule has 0 bridgehead atoms. The Kier molecular flexibility index (Phi) is 6.89. The fourth-order valence-electron chi connectivity index (χ4n) is 1.59. The van der Waals surface area contributed by atoms with Gasteiger partial charge >= 0.3 is 5.97 Å². The highest BCUT2D eigenvalue weighted by Gasteiger charge is 2.10. The molecule has 0 saturated heterocycles.